The number of anilines is 2. The average molecular weight is 312 g/mol. The summed E-state index contributed by atoms with van der Waals surface area (Å²) in [4.78, 5) is 20.8. The van der Waals surface area contributed by atoms with Gasteiger partial charge in [0.2, 0.25) is 0 Å². The number of aromatic nitrogens is 2. The maximum atomic E-state index is 12.2. The molecule has 6 nitrogen and oxygen atoms in total. The third-order valence-corrected chi connectivity index (χ3v) is 3.60. The van der Waals surface area contributed by atoms with Crippen LogP contribution in [0.5, 0.6) is 5.75 Å². The zero-order valence-corrected chi connectivity index (χ0v) is 13.5. The minimum Gasteiger partial charge on any atom is -0.495 e. The van der Waals surface area contributed by atoms with Gasteiger partial charge in [-0.15, -0.1) is 0 Å². The second-order valence-corrected chi connectivity index (χ2v) is 5.76. The second kappa shape index (κ2) is 6.24. The smallest absolute Gasteiger partial charge is 0.270 e. The summed E-state index contributed by atoms with van der Waals surface area (Å²) in [6.45, 7) is 3.77. The van der Waals surface area contributed by atoms with E-state index < -0.39 is 0 Å². The first-order valence-electron chi connectivity index (χ1n) is 7.63. The molecule has 0 radical (unpaired) electrons. The molecule has 1 saturated carbocycles. The van der Waals surface area contributed by atoms with E-state index in [2.05, 4.69) is 20.6 Å². The van der Waals surface area contributed by atoms with Crippen LogP contribution in [0.25, 0.3) is 0 Å². The Bertz CT molecular complexity index is 741. The lowest BCUT2D eigenvalue weighted by atomic mass is 10.2. The molecule has 0 atom stereocenters. The summed E-state index contributed by atoms with van der Waals surface area (Å²) < 4.78 is 5.36. The summed E-state index contributed by atoms with van der Waals surface area (Å²) in [6, 6.07) is 7.80. The highest BCUT2D eigenvalue weighted by Gasteiger charge is 2.24. The van der Waals surface area contributed by atoms with Gasteiger partial charge in [0.15, 0.2) is 0 Å². The summed E-state index contributed by atoms with van der Waals surface area (Å²) >= 11 is 0. The number of ether oxygens (including phenoxy) is 1. The van der Waals surface area contributed by atoms with E-state index in [1.165, 1.54) is 0 Å². The van der Waals surface area contributed by atoms with Crippen molar-refractivity contribution in [2.45, 2.75) is 32.7 Å². The number of carbonyl (C=O) groups excluding carboxylic acids is 1. The number of carbonyl (C=O) groups is 1. The van der Waals surface area contributed by atoms with Gasteiger partial charge in [-0.1, -0.05) is 6.07 Å². The first kappa shape index (κ1) is 15.3. The largest absolute Gasteiger partial charge is 0.495 e. The minimum atomic E-state index is -0.155. The topological polar surface area (TPSA) is 76.1 Å². The van der Waals surface area contributed by atoms with Crippen LogP contribution in [-0.4, -0.2) is 29.0 Å². The molecule has 1 aromatic heterocycles. The minimum absolute atomic E-state index is 0.155. The quantitative estimate of drug-likeness (QED) is 0.888. The number of nitrogens with one attached hydrogen (secondary N) is 2. The van der Waals surface area contributed by atoms with E-state index in [1.54, 1.807) is 20.1 Å². The second-order valence-electron chi connectivity index (χ2n) is 5.76. The van der Waals surface area contributed by atoms with Gasteiger partial charge in [-0.25, -0.2) is 9.97 Å². The van der Waals surface area contributed by atoms with E-state index in [0.29, 0.717) is 23.4 Å². The van der Waals surface area contributed by atoms with Gasteiger partial charge in [-0.05, 0) is 44.4 Å². The number of aryl methyl sites for hydroxylation is 2. The van der Waals surface area contributed by atoms with E-state index in [9.17, 15) is 4.79 Å². The van der Waals surface area contributed by atoms with Gasteiger partial charge in [0, 0.05) is 12.1 Å². The number of nitrogens with zero attached hydrogens (tertiary/aromatic N) is 2. The lowest BCUT2D eigenvalue weighted by Gasteiger charge is -2.12. The van der Waals surface area contributed by atoms with Gasteiger partial charge < -0.3 is 15.4 Å². The Hall–Kier alpha value is -2.63. The molecular weight excluding hydrogens is 292 g/mol. The van der Waals surface area contributed by atoms with Crippen LogP contribution in [0.4, 0.5) is 11.5 Å². The van der Waals surface area contributed by atoms with Crippen molar-refractivity contribution in [1.29, 1.82) is 0 Å². The molecule has 0 aliphatic heterocycles. The molecule has 23 heavy (non-hydrogen) atoms. The van der Waals surface area contributed by atoms with Crippen molar-refractivity contribution in [2.24, 2.45) is 0 Å². The predicted molar refractivity (Wildman–Crippen MR) is 88.3 cm³/mol. The van der Waals surface area contributed by atoms with Crippen molar-refractivity contribution >= 4 is 17.4 Å². The van der Waals surface area contributed by atoms with E-state index in [0.717, 1.165) is 29.8 Å². The number of amides is 1. The van der Waals surface area contributed by atoms with Gasteiger partial charge in [0.05, 0.1) is 12.8 Å². The molecule has 3 rings (SSSR count). The van der Waals surface area contributed by atoms with Crippen LogP contribution in [0.15, 0.2) is 24.3 Å². The van der Waals surface area contributed by atoms with Crippen LogP contribution in [-0.2, 0) is 0 Å². The number of rotatable bonds is 5. The Labute approximate surface area is 135 Å². The number of hydrogen-bond acceptors (Lipinski definition) is 5. The fourth-order valence-electron chi connectivity index (χ4n) is 2.29. The lowest BCUT2D eigenvalue weighted by molar-refractivity contribution is 0.0945. The fourth-order valence-corrected chi connectivity index (χ4v) is 2.29. The molecule has 6 heteroatoms. The maximum absolute atomic E-state index is 12.2. The number of methoxy groups -OCH3 is 1. The van der Waals surface area contributed by atoms with Crippen molar-refractivity contribution in [3.8, 4) is 5.75 Å². The van der Waals surface area contributed by atoms with E-state index in [-0.39, 0.29) is 5.91 Å². The van der Waals surface area contributed by atoms with Crippen molar-refractivity contribution in [3.63, 3.8) is 0 Å². The molecular formula is C17H20N4O2. The molecule has 1 heterocycles. The molecule has 2 N–H and O–H groups in total. The van der Waals surface area contributed by atoms with Crippen LogP contribution in [0.2, 0.25) is 0 Å². The highest BCUT2D eigenvalue weighted by molar-refractivity contribution is 5.93. The van der Waals surface area contributed by atoms with Crippen molar-refractivity contribution in [2.75, 3.05) is 12.4 Å². The van der Waals surface area contributed by atoms with Crippen LogP contribution in [0.1, 0.15) is 34.7 Å². The van der Waals surface area contributed by atoms with Gasteiger partial charge in [0.1, 0.15) is 23.1 Å². The lowest BCUT2D eigenvalue weighted by Crippen LogP contribution is -2.26. The standard InChI is InChI=1S/C17H20N4O2/c1-10-4-7-15(23-3)13(8-10)21-16-9-14(18-11(2)19-16)17(22)20-12-5-6-12/h4,7-9,12H,5-6H2,1-3H3,(H,20,22)(H,18,19,21). The average Bonchev–Trinajstić information content (AvgIpc) is 3.31. The van der Waals surface area contributed by atoms with Gasteiger partial charge in [0.25, 0.3) is 5.91 Å². The molecule has 1 aromatic carbocycles. The Morgan fingerprint density at radius 2 is 2.00 bits per heavy atom. The Morgan fingerprint density at radius 3 is 2.70 bits per heavy atom. The SMILES string of the molecule is COc1ccc(C)cc1Nc1cc(C(=O)NC2CC2)nc(C)n1. The molecule has 2 aromatic rings. The molecule has 1 aliphatic rings. The highest BCUT2D eigenvalue weighted by Crippen LogP contribution is 2.28. The summed E-state index contributed by atoms with van der Waals surface area (Å²) in [5, 5.41) is 6.15. The predicted octanol–water partition coefficient (Wildman–Crippen LogP) is 2.74. The van der Waals surface area contributed by atoms with E-state index >= 15 is 0 Å². The normalized spacial score (nSPS) is 13.5. The number of hydrogen-bond donors (Lipinski definition) is 2. The molecule has 1 aliphatic carbocycles. The molecule has 0 spiro atoms. The molecule has 0 bridgehead atoms. The maximum Gasteiger partial charge on any atom is 0.270 e. The zero-order valence-electron chi connectivity index (χ0n) is 13.5. The molecule has 1 fully saturated rings. The molecule has 1 amide bonds. The first-order valence-corrected chi connectivity index (χ1v) is 7.63. The molecule has 0 saturated heterocycles. The first-order chi connectivity index (χ1) is 11.0. The summed E-state index contributed by atoms with van der Waals surface area (Å²) in [6.07, 6.45) is 2.09. The van der Waals surface area contributed by atoms with E-state index in [1.807, 2.05) is 25.1 Å². The van der Waals surface area contributed by atoms with Crippen LogP contribution in [0.3, 0.4) is 0 Å². The fraction of sp³-hybridized carbons (Fsp3) is 0.353. The molecule has 120 valence electrons. The van der Waals surface area contributed by atoms with Gasteiger partial charge >= 0.3 is 0 Å². The third-order valence-electron chi connectivity index (χ3n) is 3.60. The van der Waals surface area contributed by atoms with Gasteiger partial charge in [-0.2, -0.15) is 0 Å². The number of benzene rings is 1. The van der Waals surface area contributed by atoms with Crippen LogP contribution < -0.4 is 15.4 Å². The monoisotopic (exact) mass is 312 g/mol. The molecule has 0 unspecified atom stereocenters. The Kier molecular flexibility index (Phi) is 4.14. The summed E-state index contributed by atoms with van der Waals surface area (Å²) in [5.41, 5.74) is 2.28. The van der Waals surface area contributed by atoms with Crippen LogP contribution >= 0.6 is 0 Å². The van der Waals surface area contributed by atoms with Crippen molar-refractivity contribution in [1.82, 2.24) is 15.3 Å². The van der Waals surface area contributed by atoms with Gasteiger partial charge in [-0.3, -0.25) is 4.79 Å². The van der Waals surface area contributed by atoms with Crippen molar-refractivity contribution < 1.29 is 9.53 Å². The van der Waals surface area contributed by atoms with Crippen LogP contribution in [0, 0.1) is 13.8 Å². The third kappa shape index (κ3) is 3.77. The Balaban J connectivity index is 1.86. The highest BCUT2D eigenvalue weighted by atomic mass is 16.5. The van der Waals surface area contributed by atoms with E-state index in [4.69, 9.17) is 4.74 Å². The zero-order chi connectivity index (χ0) is 16.4. The summed E-state index contributed by atoms with van der Waals surface area (Å²) in [7, 11) is 1.62. The van der Waals surface area contributed by atoms with Crippen molar-refractivity contribution in [3.05, 3.63) is 41.3 Å². The summed E-state index contributed by atoms with van der Waals surface area (Å²) in [5.74, 6) is 1.68. The Morgan fingerprint density at radius 1 is 1.22 bits per heavy atom.